The summed E-state index contributed by atoms with van der Waals surface area (Å²) in [5.41, 5.74) is 4.78. The quantitative estimate of drug-likeness (QED) is 0.586. The van der Waals surface area contributed by atoms with Crippen LogP contribution in [0.4, 0.5) is 11.5 Å². The van der Waals surface area contributed by atoms with Crippen molar-refractivity contribution in [3.05, 3.63) is 16.2 Å². The number of rotatable bonds is 3. The number of anilines is 2. The maximum atomic E-state index is 11.3. The maximum absolute atomic E-state index is 11.3. The summed E-state index contributed by atoms with van der Waals surface area (Å²) in [6.07, 6.45) is 0. The molecule has 0 aliphatic heterocycles. The summed E-state index contributed by atoms with van der Waals surface area (Å²) in [6.45, 7) is 1.87. The summed E-state index contributed by atoms with van der Waals surface area (Å²) < 4.78 is 4.68. The molecule has 0 aliphatic rings. The average Bonchev–Trinajstić information content (AvgIpc) is 2.22. The van der Waals surface area contributed by atoms with Gasteiger partial charge in [-0.25, -0.2) is 9.78 Å². The molecule has 7 nitrogen and oxygen atoms in total. The predicted octanol–water partition coefficient (Wildman–Crippen LogP) is -0.429. The number of carbonyl (C=O) groups is 1. The van der Waals surface area contributed by atoms with Crippen molar-refractivity contribution in [2.24, 2.45) is 0 Å². The van der Waals surface area contributed by atoms with E-state index in [4.69, 9.17) is 5.73 Å². The van der Waals surface area contributed by atoms with Gasteiger partial charge in [0.05, 0.1) is 6.61 Å². The van der Waals surface area contributed by atoms with Crippen molar-refractivity contribution in [3.8, 4) is 0 Å². The van der Waals surface area contributed by atoms with Crippen LogP contribution in [-0.4, -0.2) is 29.6 Å². The van der Waals surface area contributed by atoms with E-state index >= 15 is 0 Å². The molecule has 0 unspecified atom stereocenters. The average molecular weight is 212 g/mol. The topological polar surface area (TPSA) is 110 Å². The third-order valence-electron chi connectivity index (χ3n) is 1.66. The fourth-order valence-electron chi connectivity index (χ4n) is 0.969. The molecule has 82 valence electrons. The number of esters is 1. The number of ether oxygens (including phenoxy) is 1. The fraction of sp³-hybridized carbons (Fsp3) is 0.375. The molecule has 1 aromatic rings. The van der Waals surface area contributed by atoms with Crippen LogP contribution >= 0.6 is 0 Å². The first kappa shape index (κ1) is 11.0. The summed E-state index contributed by atoms with van der Waals surface area (Å²) in [7, 11) is 1.55. The SMILES string of the molecule is CCOC(=O)c1nc(NC)c(N)c(=O)[nH]1. The van der Waals surface area contributed by atoms with Crippen LogP contribution in [0.2, 0.25) is 0 Å². The summed E-state index contributed by atoms with van der Waals surface area (Å²) in [4.78, 5) is 28.5. The monoisotopic (exact) mass is 212 g/mol. The zero-order chi connectivity index (χ0) is 11.4. The van der Waals surface area contributed by atoms with E-state index in [0.717, 1.165) is 0 Å². The van der Waals surface area contributed by atoms with Crippen LogP contribution in [0, 0.1) is 0 Å². The van der Waals surface area contributed by atoms with Gasteiger partial charge in [0.1, 0.15) is 5.69 Å². The number of nitrogens with two attached hydrogens (primary N) is 1. The van der Waals surface area contributed by atoms with E-state index in [2.05, 4.69) is 20.0 Å². The Morgan fingerprint density at radius 2 is 2.33 bits per heavy atom. The van der Waals surface area contributed by atoms with Gasteiger partial charge < -0.3 is 15.8 Å². The van der Waals surface area contributed by atoms with E-state index in [1.165, 1.54) is 0 Å². The lowest BCUT2D eigenvalue weighted by Crippen LogP contribution is -2.22. The van der Waals surface area contributed by atoms with Gasteiger partial charge in [-0.2, -0.15) is 0 Å². The largest absolute Gasteiger partial charge is 0.460 e. The molecule has 7 heteroatoms. The highest BCUT2D eigenvalue weighted by molar-refractivity contribution is 5.86. The maximum Gasteiger partial charge on any atom is 0.374 e. The Balaban J connectivity index is 3.17. The second-order valence-electron chi connectivity index (χ2n) is 2.65. The van der Waals surface area contributed by atoms with Gasteiger partial charge >= 0.3 is 5.97 Å². The van der Waals surface area contributed by atoms with Crippen molar-refractivity contribution in [1.29, 1.82) is 0 Å². The van der Waals surface area contributed by atoms with Crippen LogP contribution in [0.5, 0.6) is 0 Å². The molecule has 0 saturated heterocycles. The fourth-order valence-corrected chi connectivity index (χ4v) is 0.969. The molecule has 0 atom stereocenters. The van der Waals surface area contributed by atoms with Crippen LogP contribution in [0.25, 0.3) is 0 Å². The van der Waals surface area contributed by atoms with E-state index in [1.54, 1.807) is 14.0 Å². The van der Waals surface area contributed by atoms with Gasteiger partial charge in [-0.15, -0.1) is 0 Å². The molecule has 0 saturated carbocycles. The molecule has 0 aromatic carbocycles. The molecular weight excluding hydrogens is 200 g/mol. The summed E-state index contributed by atoms with van der Waals surface area (Å²) in [5, 5.41) is 2.61. The molecule has 1 aromatic heterocycles. The molecule has 0 radical (unpaired) electrons. The standard InChI is InChI=1S/C8H12N4O3/c1-3-15-8(14)6-11-5(10-2)4(9)7(13)12-6/h3,9H2,1-2H3,(H2,10,11,12,13). The Bertz CT molecular complexity index is 426. The van der Waals surface area contributed by atoms with E-state index in [9.17, 15) is 9.59 Å². The van der Waals surface area contributed by atoms with Crippen molar-refractivity contribution >= 4 is 17.5 Å². The number of hydrogen-bond donors (Lipinski definition) is 3. The number of H-pyrrole nitrogens is 1. The van der Waals surface area contributed by atoms with Gasteiger partial charge in [-0.1, -0.05) is 0 Å². The summed E-state index contributed by atoms with van der Waals surface area (Å²) in [6, 6.07) is 0. The predicted molar refractivity (Wildman–Crippen MR) is 54.8 cm³/mol. The first-order valence-corrected chi connectivity index (χ1v) is 4.34. The lowest BCUT2D eigenvalue weighted by Gasteiger charge is -2.05. The molecule has 15 heavy (non-hydrogen) atoms. The van der Waals surface area contributed by atoms with Crippen LogP contribution in [0.15, 0.2) is 4.79 Å². The molecule has 1 rings (SSSR count). The normalized spacial score (nSPS) is 9.73. The molecule has 1 heterocycles. The van der Waals surface area contributed by atoms with Gasteiger partial charge in [0.25, 0.3) is 5.56 Å². The molecule has 4 N–H and O–H groups in total. The Morgan fingerprint density at radius 1 is 1.67 bits per heavy atom. The van der Waals surface area contributed by atoms with Gasteiger partial charge in [-0.05, 0) is 6.92 Å². The van der Waals surface area contributed by atoms with Crippen LogP contribution in [0.3, 0.4) is 0 Å². The molecule has 0 bridgehead atoms. The van der Waals surface area contributed by atoms with Crippen LogP contribution in [0.1, 0.15) is 17.5 Å². The van der Waals surface area contributed by atoms with E-state index < -0.39 is 11.5 Å². The Hall–Kier alpha value is -2.05. The smallest absolute Gasteiger partial charge is 0.374 e. The highest BCUT2D eigenvalue weighted by Gasteiger charge is 2.13. The number of aromatic amines is 1. The number of nitrogens with zero attached hydrogens (tertiary/aromatic N) is 1. The van der Waals surface area contributed by atoms with Crippen molar-refractivity contribution in [3.63, 3.8) is 0 Å². The lowest BCUT2D eigenvalue weighted by molar-refractivity contribution is 0.0512. The van der Waals surface area contributed by atoms with Gasteiger partial charge in [0.2, 0.25) is 5.82 Å². The van der Waals surface area contributed by atoms with Gasteiger partial charge in [-0.3, -0.25) is 9.78 Å². The van der Waals surface area contributed by atoms with Crippen molar-refractivity contribution < 1.29 is 9.53 Å². The summed E-state index contributed by atoms with van der Waals surface area (Å²) >= 11 is 0. The minimum atomic E-state index is -0.689. The lowest BCUT2D eigenvalue weighted by atomic mass is 10.4. The highest BCUT2D eigenvalue weighted by Crippen LogP contribution is 2.08. The second-order valence-corrected chi connectivity index (χ2v) is 2.65. The number of carbonyl (C=O) groups excluding carboxylic acids is 1. The molecular formula is C8H12N4O3. The second kappa shape index (κ2) is 4.45. The molecule has 0 fully saturated rings. The molecule has 0 aliphatic carbocycles. The van der Waals surface area contributed by atoms with E-state index in [0.29, 0.717) is 0 Å². The molecule has 0 amide bonds. The third-order valence-corrected chi connectivity index (χ3v) is 1.66. The zero-order valence-corrected chi connectivity index (χ0v) is 8.46. The van der Waals surface area contributed by atoms with Crippen molar-refractivity contribution in [2.75, 3.05) is 24.7 Å². The third kappa shape index (κ3) is 2.25. The van der Waals surface area contributed by atoms with Gasteiger partial charge in [0.15, 0.2) is 5.82 Å². The number of hydrogen-bond acceptors (Lipinski definition) is 6. The number of nitrogen functional groups attached to an aromatic ring is 1. The first-order chi connectivity index (χ1) is 7.10. The minimum absolute atomic E-state index is 0.0643. The molecule has 0 spiro atoms. The van der Waals surface area contributed by atoms with E-state index in [-0.39, 0.29) is 23.9 Å². The zero-order valence-electron chi connectivity index (χ0n) is 8.46. The number of nitrogens with one attached hydrogen (secondary N) is 2. The van der Waals surface area contributed by atoms with Gasteiger partial charge in [0, 0.05) is 7.05 Å². The minimum Gasteiger partial charge on any atom is -0.460 e. The Labute approximate surface area is 85.7 Å². The first-order valence-electron chi connectivity index (χ1n) is 4.34. The number of aromatic nitrogens is 2. The van der Waals surface area contributed by atoms with Crippen molar-refractivity contribution in [2.45, 2.75) is 6.92 Å². The Kier molecular flexibility index (Phi) is 3.27. The Morgan fingerprint density at radius 3 is 2.87 bits per heavy atom. The van der Waals surface area contributed by atoms with Crippen LogP contribution in [-0.2, 0) is 4.74 Å². The highest BCUT2D eigenvalue weighted by atomic mass is 16.5. The van der Waals surface area contributed by atoms with Crippen LogP contribution < -0.4 is 16.6 Å². The summed E-state index contributed by atoms with van der Waals surface area (Å²) in [5.74, 6) is -0.701. The van der Waals surface area contributed by atoms with E-state index in [1.807, 2.05) is 0 Å². The van der Waals surface area contributed by atoms with Crippen molar-refractivity contribution in [1.82, 2.24) is 9.97 Å².